The predicted molar refractivity (Wildman–Crippen MR) is 81.7 cm³/mol. The molecule has 0 spiro atoms. The van der Waals surface area contributed by atoms with Crippen molar-refractivity contribution in [2.24, 2.45) is 5.92 Å². The zero-order valence-corrected chi connectivity index (χ0v) is 12.9. The van der Waals surface area contributed by atoms with E-state index < -0.39 is 0 Å². The Hall–Kier alpha value is -1.06. The Morgan fingerprint density at radius 1 is 1.16 bits per heavy atom. The molecule has 0 heterocycles. The van der Waals surface area contributed by atoms with Crippen LogP contribution < -0.4 is 15.4 Å². The largest absolute Gasteiger partial charge is 0.496 e. The summed E-state index contributed by atoms with van der Waals surface area (Å²) in [5, 5.41) is 7.00. The van der Waals surface area contributed by atoms with Gasteiger partial charge in [0.05, 0.1) is 7.11 Å². The number of benzene rings is 1. The van der Waals surface area contributed by atoms with E-state index in [2.05, 4.69) is 50.5 Å². The normalized spacial score (nSPS) is 12.7. The molecule has 0 radical (unpaired) electrons. The molecule has 1 atom stereocenters. The fraction of sp³-hybridized carbons (Fsp3) is 0.625. The fourth-order valence-corrected chi connectivity index (χ4v) is 1.99. The van der Waals surface area contributed by atoms with E-state index in [-0.39, 0.29) is 0 Å². The lowest BCUT2D eigenvalue weighted by atomic mass is 10.1. The first-order valence-electron chi connectivity index (χ1n) is 7.10. The molecule has 0 bridgehead atoms. The Kier molecular flexibility index (Phi) is 6.89. The molecule has 1 unspecified atom stereocenters. The van der Waals surface area contributed by atoms with Crippen molar-refractivity contribution in [3.8, 4) is 5.75 Å². The number of hydrogen-bond donors (Lipinski definition) is 2. The van der Waals surface area contributed by atoms with Crippen molar-refractivity contribution in [2.75, 3.05) is 20.2 Å². The van der Waals surface area contributed by atoms with Crippen molar-refractivity contribution < 1.29 is 4.74 Å². The van der Waals surface area contributed by atoms with Crippen molar-refractivity contribution in [1.82, 2.24) is 10.6 Å². The van der Waals surface area contributed by atoms with E-state index >= 15 is 0 Å². The third kappa shape index (κ3) is 6.08. The van der Waals surface area contributed by atoms with Gasteiger partial charge in [-0.1, -0.05) is 31.5 Å². The second-order valence-electron chi connectivity index (χ2n) is 5.65. The smallest absolute Gasteiger partial charge is 0.123 e. The second-order valence-corrected chi connectivity index (χ2v) is 5.65. The highest BCUT2D eigenvalue weighted by Gasteiger charge is 2.06. The Labute approximate surface area is 117 Å². The molecule has 0 saturated carbocycles. The van der Waals surface area contributed by atoms with Gasteiger partial charge in [-0.2, -0.15) is 0 Å². The van der Waals surface area contributed by atoms with Gasteiger partial charge in [0.25, 0.3) is 0 Å². The van der Waals surface area contributed by atoms with Crippen LogP contribution in [-0.2, 0) is 6.54 Å². The van der Waals surface area contributed by atoms with Crippen LogP contribution in [0.2, 0.25) is 0 Å². The summed E-state index contributed by atoms with van der Waals surface area (Å²) >= 11 is 0. The third-order valence-corrected chi connectivity index (χ3v) is 3.08. The molecule has 3 heteroatoms. The minimum atomic E-state index is 0.448. The predicted octanol–water partition coefficient (Wildman–Crippen LogP) is 2.73. The van der Waals surface area contributed by atoms with Crippen LogP contribution in [0.1, 0.15) is 31.9 Å². The van der Waals surface area contributed by atoms with Gasteiger partial charge in [0.1, 0.15) is 5.75 Å². The van der Waals surface area contributed by atoms with Crippen LogP contribution in [-0.4, -0.2) is 26.2 Å². The average Bonchev–Trinajstić information content (AvgIpc) is 2.36. The molecule has 0 fully saturated rings. The molecular weight excluding hydrogens is 236 g/mol. The minimum absolute atomic E-state index is 0.448. The standard InChI is InChI=1S/C16H28N2O/c1-12(2)9-17-10-14(4)18-11-15-8-13(3)6-7-16(15)19-5/h6-8,12,14,17-18H,9-11H2,1-5H3. The summed E-state index contributed by atoms with van der Waals surface area (Å²) in [6.45, 7) is 11.7. The highest BCUT2D eigenvalue weighted by atomic mass is 16.5. The van der Waals surface area contributed by atoms with Crippen molar-refractivity contribution >= 4 is 0 Å². The summed E-state index contributed by atoms with van der Waals surface area (Å²) in [5.74, 6) is 1.66. The lowest BCUT2D eigenvalue weighted by Crippen LogP contribution is -2.37. The summed E-state index contributed by atoms with van der Waals surface area (Å²) in [7, 11) is 1.72. The van der Waals surface area contributed by atoms with Crippen LogP contribution in [0, 0.1) is 12.8 Å². The molecule has 108 valence electrons. The van der Waals surface area contributed by atoms with Gasteiger partial charge in [0.15, 0.2) is 0 Å². The number of nitrogens with one attached hydrogen (secondary N) is 2. The monoisotopic (exact) mass is 264 g/mol. The third-order valence-electron chi connectivity index (χ3n) is 3.08. The van der Waals surface area contributed by atoms with Gasteiger partial charge in [-0.3, -0.25) is 0 Å². The molecule has 0 aliphatic carbocycles. The molecule has 0 saturated heterocycles. The first-order chi connectivity index (χ1) is 9.02. The minimum Gasteiger partial charge on any atom is -0.496 e. The maximum absolute atomic E-state index is 5.39. The first-order valence-corrected chi connectivity index (χ1v) is 7.10. The van der Waals surface area contributed by atoms with Gasteiger partial charge < -0.3 is 15.4 Å². The molecule has 0 aromatic heterocycles. The van der Waals surface area contributed by atoms with Crippen LogP contribution in [0.3, 0.4) is 0 Å². The van der Waals surface area contributed by atoms with Crippen molar-refractivity contribution in [1.29, 1.82) is 0 Å². The van der Waals surface area contributed by atoms with Gasteiger partial charge in [-0.15, -0.1) is 0 Å². The van der Waals surface area contributed by atoms with E-state index in [9.17, 15) is 0 Å². The van der Waals surface area contributed by atoms with Crippen LogP contribution in [0.4, 0.5) is 0 Å². The molecule has 0 aliphatic rings. The lowest BCUT2D eigenvalue weighted by molar-refractivity contribution is 0.404. The summed E-state index contributed by atoms with van der Waals surface area (Å²) in [5.41, 5.74) is 2.49. The Balaban J connectivity index is 2.41. The molecule has 1 rings (SSSR count). The fourth-order valence-electron chi connectivity index (χ4n) is 1.99. The number of aryl methyl sites for hydroxylation is 1. The SMILES string of the molecule is COc1ccc(C)cc1CNC(C)CNCC(C)C. The van der Waals surface area contributed by atoms with Crippen LogP contribution in [0.25, 0.3) is 0 Å². The molecule has 19 heavy (non-hydrogen) atoms. The molecule has 3 nitrogen and oxygen atoms in total. The van der Waals surface area contributed by atoms with E-state index in [1.807, 2.05) is 6.07 Å². The first kappa shape index (κ1) is 16.0. The van der Waals surface area contributed by atoms with Gasteiger partial charge in [-0.25, -0.2) is 0 Å². The Morgan fingerprint density at radius 3 is 2.53 bits per heavy atom. The van der Waals surface area contributed by atoms with E-state index in [0.717, 1.165) is 25.4 Å². The summed E-state index contributed by atoms with van der Waals surface area (Å²) in [6, 6.07) is 6.74. The van der Waals surface area contributed by atoms with Gasteiger partial charge in [-0.05, 0) is 32.4 Å². The summed E-state index contributed by atoms with van der Waals surface area (Å²) < 4.78 is 5.39. The molecule has 0 amide bonds. The molecule has 0 aliphatic heterocycles. The van der Waals surface area contributed by atoms with Crippen LogP contribution >= 0.6 is 0 Å². The summed E-state index contributed by atoms with van der Waals surface area (Å²) in [6.07, 6.45) is 0. The van der Waals surface area contributed by atoms with Gasteiger partial charge in [0.2, 0.25) is 0 Å². The van der Waals surface area contributed by atoms with Crippen LogP contribution in [0.5, 0.6) is 5.75 Å². The number of methoxy groups -OCH3 is 1. The van der Waals surface area contributed by atoms with Crippen molar-refractivity contribution in [2.45, 2.75) is 40.3 Å². The highest BCUT2D eigenvalue weighted by molar-refractivity contribution is 5.36. The van der Waals surface area contributed by atoms with Crippen LogP contribution in [0.15, 0.2) is 18.2 Å². The number of ether oxygens (including phenoxy) is 1. The topological polar surface area (TPSA) is 33.3 Å². The van der Waals surface area contributed by atoms with E-state index in [4.69, 9.17) is 4.74 Å². The molecule has 1 aromatic rings. The number of rotatable bonds is 8. The Bertz CT molecular complexity index is 377. The zero-order valence-electron chi connectivity index (χ0n) is 12.9. The van der Waals surface area contributed by atoms with Crippen molar-refractivity contribution in [3.63, 3.8) is 0 Å². The van der Waals surface area contributed by atoms with E-state index in [0.29, 0.717) is 12.0 Å². The maximum atomic E-state index is 5.39. The van der Waals surface area contributed by atoms with Crippen molar-refractivity contribution in [3.05, 3.63) is 29.3 Å². The maximum Gasteiger partial charge on any atom is 0.123 e. The lowest BCUT2D eigenvalue weighted by Gasteiger charge is -2.17. The molecule has 2 N–H and O–H groups in total. The second kappa shape index (κ2) is 8.18. The Morgan fingerprint density at radius 2 is 1.89 bits per heavy atom. The number of hydrogen-bond acceptors (Lipinski definition) is 3. The molecule has 1 aromatic carbocycles. The average molecular weight is 264 g/mol. The van der Waals surface area contributed by atoms with E-state index in [1.165, 1.54) is 11.1 Å². The zero-order chi connectivity index (χ0) is 14.3. The molecular formula is C16H28N2O. The quantitative estimate of drug-likeness (QED) is 0.757. The summed E-state index contributed by atoms with van der Waals surface area (Å²) in [4.78, 5) is 0. The van der Waals surface area contributed by atoms with E-state index in [1.54, 1.807) is 7.11 Å². The highest BCUT2D eigenvalue weighted by Crippen LogP contribution is 2.19. The van der Waals surface area contributed by atoms with Gasteiger partial charge in [0, 0.05) is 24.7 Å². The van der Waals surface area contributed by atoms with Gasteiger partial charge >= 0.3 is 0 Å².